The minimum Gasteiger partial charge on any atom is -0.394 e. The van der Waals surface area contributed by atoms with Crippen molar-refractivity contribution in [3.8, 4) is 0 Å². The van der Waals surface area contributed by atoms with Gasteiger partial charge in [-0.3, -0.25) is 0 Å². The van der Waals surface area contributed by atoms with Crippen LogP contribution in [0.25, 0.3) is 0 Å². The fraction of sp³-hybridized carbons (Fsp3) is 0.533. The van der Waals surface area contributed by atoms with E-state index in [-0.39, 0.29) is 18.7 Å². The highest BCUT2D eigenvalue weighted by Gasteiger charge is 2.08. The summed E-state index contributed by atoms with van der Waals surface area (Å²) in [6, 6.07) is 7.74. The molecule has 0 aliphatic carbocycles. The van der Waals surface area contributed by atoms with Crippen LogP contribution in [0.5, 0.6) is 0 Å². The average molecular weight is 279 g/mol. The molecular weight excluding hydrogens is 254 g/mol. The predicted octanol–water partition coefficient (Wildman–Crippen LogP) is 1.32. The molecule has 1 atom stereocenters. The summed E-state index contributed by atoms with van der Waals surface area (Å²) in [6.07, 6.45) is 0.711. The third kappa shape index (κ3) is 6.04. The molecule has 20 heavy (non-hydrogen) atoms. The fourth-order valence-electron chi connectivity index (χ4n) is 1.82. The van der Waals surface area contributed by atoms with Crippen molar-refractivity contribution in [2.45, 2.75) is 32.5 Å². The zero-order valence-corrected chi connectivity index (χ0v) is 12.5. The van der Waals surface area contributed by atoms with E-state index in [2.05, 4.69) is 27.7 Å². The van der Waals surface area contributed by atoms with Crippen molar-refractivity contribution in [2.24, 2.45) is 0 Å². The van der Waals surface area contributed by atoms with E-state index in [0.717, 1.165) is 12.1 Å². The van der Waals surface area contributed by atoms with Crippen molar-refractivity contribution in [1.29, 1.82) is 0 Å². The van der Waals surface area contributed by atoms with E-state index in [0.29, 0.717) is 13.0 Å². The first-order chi connectivity index (χ1) is 9.55. The summed E-state index contributed by atoms with van der Waals surface area (Å²) in [5, 5.41) is 14.5. The number of nitrogens with zero attached hydrogens (tertiary/aromatic N) is 1. The number of nitrogens with one attached hydrogen (secondary N) is 2. The van der Waals surface area contributed by atoms with Gasteiger partial charge in [0.2, 0.25) is 0 Å². The van der Waals surface area contributed by atoms with Crippen molar-refractivity contribution in [2.75, 3.05) is 20.7 Å². The molecule has 0 saturated carbocycles. The summed E-state index contributed by atoms with van der Waals surface area (Å²) < 4.78 is 0. The number of carbonyl (C=O) groups excluding carboxylic acids is 1. The summed E-state index contributed by atoms with van der Waals surface area (Å²) in [4.78, 5) is 13.7. The first-order valence-electron chi connectivity index (χ1n) is 6.93. The maximum atomic E-state index is 11.6. The van der Waals surface area contributed by atoms with Crippen LogP contribution in [0.15, 0.2) is 24.3 Å². The molecule has 112 valence electrons. The highest BCUT2D eigenvalue weighted by atomic mass is 16.3. The summed E-state index contributed by atoms with van der Waals surface area (Å²) in [6.45, 7) is 3.27. The van der Waals surface area contributed by atoms with Gasteiger partial charge in [0.1, 0.15) is 0 Å². The molecule has 1 aromatic carbocycles. The van der Waals surface area contributed by atoms with Crippen LogP contribution < -0.4 is 10.6 Å². The number of aliphatic hydroxyl groups is 1. The largest absolute Gasteiger partial charge is 0.394 e. The first kappa shape index (κ1) is 16.5. The highest BCUT2D eigenvalue weighted by Crippen LogP contribution is 2.06. The van der Waals surface area contributed by atoms with Gasteiger partial charge in [0.05, 0.1) is 12.6 Å². The molecule has 1 aromatic rings. The van der Waals surface area contributed by atoms with Crippen LogP contribution in [0.4, 0.5) is 4.79 Å². The lowest BCUT2D eigenvalue weighted by molar-refractivity contribution is 0.214. The van der Waals surface area contributed by atoms with Crippen molar-refractivity contribution < 1.29 is 9.90 Å². The SMILES string of the molecule is CCC(CO)NC(=O)NCc1ccc(CN(C)C)cc1. The second kappa shape index (κ2) is 8.55. The lowest BCUT2D eigenvalue weighted by Crippen LogP contribution is -2.43. The molecule has 1 rings (SSSR count). The average Bonchev–Trinajstić information content (AvgIpc) is 2.43. The Morgan fingerprint density at radius 3 is 2.35 bits per heavy atom. The molecule has 0 fully saturated rings. The van der Waals surface area contributed by atoms with Crippen molar-refractivity contribution >= 4 is 6.03 Å². The van der Waals surface area contributed by atoms with Gasteiger partial charge in [-0.1, -0.05) is 31.2 Å². The lowest BCUT2D eigenvalue weighted by Gasteiger charge is -2.15. The van der Waals surface area contributed by atoms with Gasteiger partial charge < -0.3 is 20.6 Å². The number of carbonyl (C=O) groups is 1. The fourth-order valence-corrected chi connectivity index (χ4v) is 1.82. The quantitative estimate of drug-likeness (QED) is 0.705. The zero-order valence-electron chi connectivity index (χ0n) is 12.5. The van der Waals surface area contributed by atoms with Crippen LogP contribution in [0.3, 0.4) is 0 Å². The number of hydrogen-bond acceptors (Lipinski definition) is 3. The van der Waals surface area contributed by atoms with Gasteiger partial charge in [0.25, 0.3) is 0 Å². The van der Waals surface area contributed by atoms with E-state index in [1.54, 1.807) is 0 Å². The number of aliphatic hydroxyl groups excluding tert-OH is 1. The molecule has 2 amide bonds. The van der Waals surface area contributed by atoms with E-state index in [4.69, 9.17) is 5.11 Å². The van der Waals surface area contributed by atoms with Gasteiger partial charge in [-0.05, 0) is 31.6 Å². The van der Waals surface area contributed by atoms with Crippen LogP contribution in [0, 0.1) is 0 Å². The number of hydrogen-bond donors (Lipinski definition) is 3. The molecule has 0 radical (unpaired) electrons. The Morgan fingerprint density at radius 1 is 1.25 bits per heavy atom. The van der Waals surface area contributed by atoms with Gasteiger partial charge in [0, 0.05) is 13.1 Å². The molecule has 0 aromatic heterocycles. The van der Waals surface area contributed by atoms with E-state index in [1.807, 2.05) is 33.2 Å². The Kier molecular flexibility index (Phi) is 7.04. The third-order valence-electron chi connectivity index (χ3n) is 3.02. The van der Waals surface area contributed by atoms with Gasteiger partial charge in [0.15, 0.2) is 0 Å². The molecule has 0 bridgehead atoms. The molecule has 5 heteroatoms. The van der Waals surface area contributed by atoms with Crippen molar-refractivity contribution in [3.63, 3.8) is 0 Å². The molecule has 0 aliphatic rings. The van der Waals surface area contributed by atoms with Crippen molar-refractivity contribution in [1.82, 2.24) is 15.5 Å². The Morgan fingerprint density at radius 2 is 1.85 bits per heavy atom. The normalized spacial score (nSPS) is 12.2. The molecule has 0 saturated heterocycles. The van der Waals surface area contributed by atoms with Crippen LogP contribution in [0.2, 0.25) is 0 Å². The molecule has 0 aliphatic heterocycles. The second-order valence-corrected chi connectivity index (χ2v) is 5.17. The van der Waals surface area contributed by atoms with Gasteiger partial charge in [-0.15, -0.1) is 0 Å². The number of urea groups is 1. The van der Waals surface area contributed by atoms with E-state index in [9.17, 15) is 4.79 Å². The molecular formula is C15H25N3O2. The van der Waals surface area contributed by atoms with E-state index >= 15 is 0 Å². The maximum Gasteiger partial charge on any atom is 0.315 e. The van der Waals surface area contributed by atoms with Gasteiger partial charge in [-0.25, -0.2) is 4.79 Å². The summed E-state index contributed by atoms with van der Waals surface area (Å²) in [5.74, 6) is 0. The Bertz CT molecular complexity index is 400. The molecule has 0 heterocycles. The first-order valence-corrected chi connectivity index (χ1v) is 6.93. The summed E-state index contributed by atoms with van der Waals surface area (Å²) in [7, 11) is 4.07. The Hall–Kier alpha value is -1.59. The number of benzene rings is 1. The van der Waals surface area contributed by atoms with E-state index < -0.39 is 0 Å². The van der Waals surface area contributed by atoms with Crippen LogP contribution >= 0.6 is 0 Å². The topological polar surface area (TPSA) is 64.6 Å². The number of rotatable bonds is 7. The van der Waals surface area contributed by atoms with Crippen LogP contribution in [-0.4, -0.2) is 42.8 Å². The standard InChI is InChI=1S/C15H25N3O2/c1-4-14(11-19)17-15(20)16-9-12-5-7-13(8-6-12)10-18(2)3/h5-8,14,19H,4,9-11H2,1-3H3,(H2,16,17,20). The minimum atomic E-state index is -0.247. The minimum absolute atomic E-state index is 0.0385. The monoisotopic (exact) mass is 279 g/mol. The lowest BCUT2D eigenvalue weighted by atomic mass is 10.1. The predicted molar refractivity (Wildman–Crippen MR) is 80.4 cm³/mol. The van der Waals surface area contributed by atoms with Crippen molar-refractivity contribution in [3.05, 3.63) is 35.4 Å². The smallest absolute Gasteiger partial charge is 0.315 e. The summed E-state index contributed by atoms with van der Waals surface area (Å²) >= 11 is 0. The molecule has 1 unspecified atom stereocenters. The van der Waals surface area contributed by atoms with Crippen LogP contribution in [0.1, 0.15) is 24.5 Å². The van der Waals surface area contributed by atoms with Crippen LogP contribution in [-0.2, 0) is 13.1 Å². The number of amides is 2. The zero-order chi connectivity index (χ0) is 15.0. The molecule has 0 spiro atoms. The van der Waals surface area contributed by atoms with Gasteiger partial charge in [-0.2, -0.15) is 0 Å². The molecule has 5 nitrogen and oxygen atoms in total. The third-order valence-corrected chi connectivity index (χ3v) is 3.02. The summed E-state index contributed by atoms with van der Waals surface area (Å²) in [5.41, 5.74) is 2.30. The highest BCUT2D eigenvalue weighted by molar-refractivity contribution is 5.74. The van der Waals surface area contributed by atoms with E-state index in [1.165, 1.54) is 5.56 Å². The Labute approximate surface area is 121 Å². The Balaban J connectivity index is 2.39. The second-order valence-electron chi connectivity index (χ2n) is 5.17. The molecule has 3 N–H and O–H groups in total. The van der Waals surface area contributed by atoms with Gasteiger partial charge >= 0.3 is 6.03 Å². The maximum absolute atomic E-state index is 11.6.